The van der Waals surface area contributed by atoms with Crippen LogP contribution >= 0.6 is 23.1 Å². The summed E-state index contributed by atoms with van der Waals surface area (Å²) >= 11 is 3.25. The summed E-state index contributed by atoms with van der Waals surface area (Å²) in [5, 5.41) is 12.0. The van der Waals surface area contributed by atoms with Crippen molar-refractivity contribution in [3.63, 3.8) is 0 Å². The van der Waals surface area contributed by atoms with Crippen LogP contribution in [0.15, 0.2) is 51.7 Å². The minimum Gasteiger partial charge on any atom is -0.309 e. The van der Waals surface area contributed by atoms with E-state index in [1.165, 1.54) is 16.6 Å². The Balaban J connectivity index is 1.58. The van der Waals surface area contributed by atoms with E-state index in [1.54, 1.807) is 17.4 Å². The second-order valence-electron chi connectivity index (χ2n) is 5.94. The van der Waals surface area contributed by atoms with Crippen LogP contribution in [0.25, 0.3) is 10.9 Å². The molecule has 0 aliphatic heterocycles. The molecule has 8 heteroatoms. The molecule has 1 atom stereocenters. The van der Waals surface area contributed by atoms with Crippen molar-refractivity contribution in [1.82, 2.24) is 24.7 Å². The second kappa shape index (κ2) is 7.05. The summed E-state index contributed by atoms with van der Waals surface area (Å²) in [5.74, 6) is 1.56. The number of aromatic nitrogens is 5. The molecule has 0 saturated heterocycles. The average molecular weight is 384 g/mol. The number of thiophene rings is 1. The Hall–Kier alpha value is -2.45. The summed E-state index contributed by atoms with van der Waals surface area (Å²) in [7, 11) is 1.97. The number of fused-ring (bicyclic) bond motifs is 1. The van der Waals surface area contributed by atoms with Gasteiger partial charge in [0.25, 0.3) is 5.56 Å². The van der Waals surface area contributed by atoms with Crippen LogP contribution in [0.2, 0.25) is 0 Å². The highest BCUT2D eigenvalue weighted by Crippen LogP contribution is 2.32. The number of thioether (sulfide) groups is 1. The molecule has 26 heavy (non-hydrogen) atoms. The number of nitrogens with zero attached hydrogens (tertiary/aromatic N) is 4. The zero-order valence-electron chi connectivity index (χ0n) is 14.3. The Morgan fingerprint density at radius 2 is 2.08 bits per heavy atom. The molecule has 4 rings (SSSR count). The SMILES string of the molecule is C[C@H](Sc1nnc(Cc2cccs2)n1C)c1nc2ccccc2c(=O)[nH]1. The monoisotopic (exact) mass is 383 g/mol. The number of H-pyrrole nitrogens is 1. The maximum absolute atomic E-state index is 12.3. The van der Waals surface area contributed by atoms with Gasteiger partial charge in [-0.15, -0.1) is 21.5 Å². The normalized spacial score (nSPS) is 12.5. The summed E-state index contributed by atoms with van der Waals surface area (Å²) in [4.78, 5) is 21.0. The molecule has 0 fully saturated rings. The van der Waals surface area contributed by atoms with Crippen molar-refractivity contribution in [2.45, 2.75) is 23.8 Å². The minimum absolute atomic E-state index is 0.0511. The van der Waals surface area contributed by atoms with Gasteiger partial charge in [-0.05, 0) is 30.5 Å². The number of para-hydroxylation sites is 1. The van der Waals surface area contributed by atoms with E-state index in [2.05, 4.69) is 31.6 Å². The fourth-order valence-electron chi connectivity index (χ4n) is 2.68. The summed E-state index contributed by atoms with van der Waals surface area (Å²) in [6.07, 6.45) is 0.765. The number of benzene rings is 1. The molecule has 6 nitrogen and oxygen atoms in total. The van der Waals surface area contributed by atoms with Gasteiger partial charge >= 0.3 is 0 Å². The minimum atomic E-state index is -0.116. The lowest BCUT2D eigenvalue weighted by atomic mass is 10.2. The zero-order chi connectivity index (χ0) is 18.1. The Kier molecular flexibility index (Phi) is 4.60. The summed E-state index contributed by atoms with van der Waals surface area (Å²) in [6, 6.07) is 11.5. The van der Waals surface area contributed by atoms with Gasteiger partial charge in [0.15, 0.2) is 5.16 Å². The average Bonchev–Trinajstić information content (AvgIpc) is 3.27. The van der Waals surface area contributed by atoms with Crippen molar-refractivity contribution in [2.75, 3.05) is 0 Å². The molecule has 132 valence electrons. The molecular formula is C18H17N5OS2. The molecule has 3 heterocycles. The predicted octanol–water partition coefficient (Wildman–Crippen LogP) is 3.56. The Bertz CT molecular complexity index is 1100. The highest BCUT2D eigenvalue weighted by molar-refractivity contribution is 7.99. The second-order valence-corrected chi connectivity index (χ2v) is 8.28. The number of aromatic amines is 1. The summed E-state index contributed by atoms with van der Waals surface area (Å²) in [6.45, 7) is 2.01. The Morgan fingerprint density at radius 3 is 2.88 bits per heavy atom. The van der Waals surface area contributed by atoms with Crippen molar-refractivity contribution in [2.24, 2.45) is 7.05 Å². The highest BCUT2D eigenvalue weighted by atomic mass is 32.2. The number of hydrogen-bond donors (Lipinski definition) is 1. The number of nitrogens with one attached hydrogen (secondary N) is 1. The fraction of sp³-hybridized carbons (Fsp3) is 0.222. The molecule has 4 aromatic rings. The van der Waals surface area contributed by atoms with Crippen LogP contribution in [0.1, 0.15) is 28.7 Å². The van der Waals surface area contributed by atoms with Gasteiger partial charge in [0.2, 0.25) is 0 Å². The van der Waals surface area contributed by atoms with Gasteiger partial charge in [-0.1, -0.05) is 30.0 Å². The van der Waals surface area contributed by atoms with Crippen molar-refractivity contribution in [3.8, 4) is 0 Å². The summed E-state index contributed by atoms with van der Waals surface area (Å²) in [5.41, 5.74) is 0.587. The Labute approximate surface area is 158 Å². The molecule has 0 aliphatic carbocycles. The maximum Gasteiger partial charge on any atom is 0.258 e. The number of rotatable bonds is 5. The van der Waals surface area contributed by atoms with Crippen LogP contribution in [0.4, 0.5) is 0 Å². The van der Waals surface area contributed by atoms with Crippen LogP contribution in [0.3, 0.4) is 0 Å². The van der Waals surface area contributed by atoms with Gasteiger partial charge in [-0.3, -0.25) is 4.79 Å². The molecule has 0 spiro atoms. The lowest BCUT2D eigenvalue weighted by Gasteiger charge is -2.11. The third-order valence-electron chi connectivity index (χ3n) is 4.14. The van der Waals surface area contributed by atoms with Crippen molar-refractivity contribution >= 4 is 34.0 Å². The largest absolute Gasteiger partial charge is 0.309 e. The molecular weight excluding hydrogens is 366 g/mol. The lowest BCUT2D eigenvalue weighted by molar-refractivity contribution is 0.747. The van der Waals surface area contributed by atoms with Crippen LogP contribution in [0, 0.1) is 0 Å². The standard InChI is InChI=1S/C18H17N5OS2/c1-11(16-19-14-8-4-3-7-13(14)17(24)20-16)26-18-22-21-15(23(18)2)10-12-6-5-9-25-12/h3-9,11H,10H2,1-2H3,(H,19,20,24)/t11-/m0/s1. The van der Waals surface area contributed by atoms with Gasteiger partial charge < -0.3 is 9.55 Å². The Morgan fingerprint density at radius 1 is 1.23 bits per heavy atom. The molecule has 3 aromatic heterocycles. The van der Waals surface area contributed by atoms with Crippen molar-refractivity contribution < 1.29 is 0 Å². The first-order valence-electron chi connectivity index (χ1n) is 8.18. The van der Waals surface area contributed by atoms with Gasteiger partial charge in [-0.2, -0.15) is 0 Å². The molecule has 0 saturated carbocycles. The quantitative estimate of drug-likeness (QED) is 0.533. The highest BCUT2D eigenvalue weighted by Gasteiger charge is 2.17. The van der Waals surface area contributed by atoms with E-state index in [0.29, 0.717) is 16.7 Å². The topological polar surface area (TPSA) is 76.5 Å². The third kappa shape index (κ3) is 3.30. The molecule has 0 aliphatic rings. The smallest absolute Gasteiger partial charge is 0.258 e. The van der Waals surface area contributed by atoms with E-state index in [4.69, 9.17) is 0 Å². The van der Waals surface area contributed by atoms with Gasteiger partial charge in [0.05, 0.1) is 16.2 Å². The molecule has 0 bridgehead atoms. The van der Waals surface area contributed by atoms with E-state index >= 15 is 0 Å². The lowest BCUT2D eigenvalue weighted by Crippen LogP contribution is -2.13. The van der Waals surface area contributed by atoms with Crippen LogP contribution < -0.4 is 5.56 Å². The molecule has 0 radical (unpaired) electrons. The van der Waals surface area contributed by atoms with Gasteiger partial charge in [0, 0.05) is 18.3 Å². The van der Waals surface area contributed by atoms with E-state index in [1.807, 2.05) is 42.8 Å². The predicted molar refractivity (Wildman–Crippen MR) is 105 cm³/mol. The summed E-state index contributed by atoms with van der Waals surface area (Å²) < 4.78 is 2.00. The van der Waals surface area contributed by atoms with Crippen LogP contribution in [-0.4, -0.2) is 24.7 Å². The molecule has 0 unspecified atom stereocenters. The van der Waals surface area contributed by atoms with Crippen LogP contribution in [-0.2, 0) is 13.5 Å². The van der Waals surface area contributed by atoms with Gasteiger partial charge in [0.1, 0.15) is 11.6 Å². The number of hydrogen-bond acceptors (Lipinski definition) is 6. The maximum atomic E-state index is 12.3. The molecule has 0 amide bonds. The third-order valence-corrected chi connectivity index (χ3v) is 6.16. The van der Waals surface area contributed by atoms with Crippen molar-refractivity contribution in [1.29, 1.82) is 0 Å². The van der Waals surface area contributed by atoms with E-state index in [-0.39, 0.29) is 10.8 Å². The first-order chi connectivity index (χ1) is 12.6. The first-order valence-corrected chi connectivity index (χ1v) is 9.94. The zero-order valence-corrected chi connectivity index (χ0v) is 16.0. The van der Waals surface area contributed by atoms with E-state index in [9.17, 15) is 4.79 Å². The molecule has 1 aromatic carbocycles. The van der Waals surface area contributed by atoms with Gasteiger partial charge in [-0.25, -0.2) is 4.98 Å². The molecule has 1 N–H and O–H groups in total. The fourth-order valence-corrected chi connectivity index (χ4v) is 4.27. The van der Waals surface area contributed by atoms with E-state index in [0.717, 1.165) is 17.4 Å². The van der Waals surface area contributed by atoms with Crippen molar-refractivity contribution in [3.05, 3.63) is 68.7 Å². The van der Waals surface area contributed by atoms with Crippen LogP contribution in [0.5, 0.6) is 0 Å². The first kappa shape index (κ1) is 17.0. The van der Waals surface area contributed by atoms with E-state index < -0.39 is 0 Å².